The Morgan fingerprint density at radius 2 is 1.77 bits per heavy atom. The smallest absolute Gasteiger partial charge is 0.258 e. The number of nitrogens with zero attached hydrogens (tertiary/aromatic N) is 3. The van der Waals surface area contributed by atoms with E-state index in [1.54, 1.807) is 13.2 Å². The van der Waals surface area contributed by atoms with E-state index in [1.807, 2.05) is 30.3 Å². The van der Waals surface area contributed by atoms with Crippen molar-refractivity contribution >= 4 is 45.7 Å². The van der Waals surface area contributed by atoms with Gasteiger partial charge in [-0.2, -0.15) is 0 Å². The lowest BCUT2D eigenvalue weighted by Crippen LogP contribution is -2.26. The van der Waals surface area contributed by atoms with Gasteiger partial charge in [0.25, 0.3) is 5.91 Å². The van der Waals surface area contributed by atoms with Gasteiger partial charge in [-0.1, -0.05) is 41.4 Å². The fourth-order valence-corrected chi connectivity index (χ4v) is 2.71. The van der Waals surface area contributed by atoms with Crippen molar-refractivity contribution in [3.05, 3.63) is 64.5 Å². The maximum absolute atomic E-state index is 12.6. The molecule has 0 unspecified atom stereocenters. The van der Waals surface area contributed by atoms with Gasteiger partial charge in [0.2, 0.25) is 0 Å². The number of fused-ring (bicyclic) bond motifs is 1. The summed E-state index contributed by atoms with van der Waals surface area (Å²) < 4.78 is 0. The predicted octanol–water partition coefficient (Wildman–Crippen LogP) is 4.21. The van der Waals surface area contributed by atoms with Crippen molar-refractivity contribution in [2.45, 2.75) is 0 Å². The average molecular weight is 332 g/mol. The number of halogens is 2. The third-order valence-electron chi connectivity index (χ3n) is 3.29. The minimum atomic E-state index is -0.232. The van der Waals surface area contributed by atoms with Crippen molar-refractivity contribution < 1.29 is 4.79 Å². The minimum Gasteiger partial charge on any atom is -0.309 e. The van der Waals surface area contributed by atoms with E-state index >= 15 is 0 Å². The zero-order valence-electron chi connectivity index (χ0n) is 11.6. The highest BCUT2D eigenvalue weighted by Crippen LogP contribution is 2.26. The quantitative estimate of drug-likeness (QED) is 0.660. The lowest BCUT2D eigenvalue weighted by Gasteiger charge is -2.19. The van der Waals surface area contributed by atoms with E-state index in [0.29, 0.717) is 11.3 Å². The number of carbonyl (C=O) groups is 1. The Labute approximate surface area is 137 Å². The molecule has 110 valence electrons. The molecule has 0 spiro atoms. The van der Waals surface area contributed by atoms with Crippen LogP contribution in [-0.4, -0.2) is 22.9 Å². The molecule has 0 radical (unpaired) electrons. The number of rotatable bonds is 2. The number of aromatic nitrogens is 2. The molecule has 0 N–H and O–H groups in total. The van der Waals surface area contributed by atoms with Crippen LogP contribution in [0.25, 0.3) is 10.9 Å². The number of carbonyl (C=O) groups excluding carboxylic acids is 1. The third-order valence-corrected chi connectivity index (χ3v) is 3.67. The van der Waals surface area contributed by atoms with Gasteiger partial charge in [-0.15, -0.1) is 0 Å². The van der Waals surface area contributed by atoms with Crippen molar-refractivity contribution in [1.29, 1.82) is 0 Å². The van der Waals surface area contributed by atoms with Crippen LogP contribution in [0.1, 0.15) is 10.4 Å². The molecule has 22 heavy (non-hydrogen) atoms. The minimum absolute atomic E-state index is 0.181. The number of para-hydroxylation sites is 1. The van der Waals surface area contributed by atoms with Gasteiger partial charge >= 0.3 is 0 Å². The second kappa shape index (κ2) is 5.91. The van der Waals surface area contributed by atoms with E-state index in [0.717, 1.165) is 10.9 Å². The molecule has 0 fully saturated rings. The average Bonchev–Trinajstić information content (AvgIpc) is 2.52. The van der Waals surface area contributed by atoms with Crippen LogP contribution in [-0.2, 0) is 0 Å². The molecular weight excluding hydrogens is 321 g/mol. The van der Waals surface area contributed by atoms with Crippen molar-refractivity contribution in [2.75, 3.05) is 11.9 Å². The molecule has 0 saturated carbocycles. The number of pyridine rings is 2. The molecule has 6 heteroatoms. The van der Waals surface area contributed by atoms with Gasteiger partial charge in [0.15, 0.2) is 0 Å². The molecule has 3 aromatic rings. The number of anilines is 1. The van der Waals surface area contributed by atoms with E-state index in [9.17, 15) is 4.79 Å². The molecule has 0 aliphatic carbocycles. The third kappa shape index (κ3) is 2.75. The first-order valence-electron chi connectivity index (χ1n) is 6.51. The molecule has 0 saturated heterocycles. The van der Waals surface area contributed by atoms with E-state index < -0.39 is 0 Å². The summed E-state index contributed by atoms with van der Waals surface area (Å²) in [6.07, 6.45) is 1.70. The molecule has 0 aliphatic rings. The first-order valence-corrected chi connectivity index (χ1v) is 7.27. The molecular formula is C16H11Cl2N3O. The number of hydrogen-bond donors (Lipinski definition) is 0. The lowest BCUT2D eigenvalue weighted by atomic mass is 10.1. The van der Waals surface area contributed by atoms with Crippen molar-refractivity contribution in [3.63, 3.8) is 0 Å². The second-order valence-electron chi connectivity index (χ2n) is 4.72. The highest BCUT2D eigenvalue weighted by molar-refractivity contribution is 6.33. The molecule has 2 aromatic heterocycles. The van der Waals surface area contributed by atoms with Crippen LogP contribution in [0.2, 0.25) is 10.3 Å². The molecule has 0 atom stereocenters. The Morgan fingerprint density at radius 3 is 2.50 bits per heavy atom. The molecule has 3 rings (SSSR count). The van der Waals surface area contributed by atoms with E-state index in [-0.39, 0.29) is 16.2 Å². The van der Waals surface area contributed by atoms with Crippen LogP contribution < -0.4 is 4.90 Å². The number of benzene rings is 1. The maximum atomic E-state index is 12.6. The molecule has 0 bridgehead atoms. The Hall–Kier alpha value is -2.17. The molecule has 4 nitrogen and oxygen atoms in total. The summed E-state index contributed by atoms with van der Waals surface area (Å²) >= 11 is 11.7. The Balaban J connectivity index is 2.05. The first kappa shape index (κ1) is 14.8. The van der Waals surface area contributed by atoms with Crippen LogP contribution in [0.4, 0.5) is 5.69 Å². The highest BCUT2D eigenvalue weighted by Gasteiger charge is 2.17. The monoisotopic (exact) mass is 331 g/mol. The fourth-order valence-electron chi connectivity index (χ4n) is 2.25. The van der Waals surface area contributed by atoms with Gasteiger partial charge in [0.1, 0.15) is 10.3 Å². The second-order valence-corrected chi connectivity index (χ2v) is 5.49. The summed E-state index contributed by atoms with van der Waals surface area (Å²) in [5.41, 5.74) is 1.85. The molecule has 0 aliphatic heterocycles. The first-order chi connectivity index (χ1) is 10.6. The Bertz CT molecular complexity index is 841. The summed E-state index contributed by atoms with van der Waals surface area (Å²) in [6, 6.07) is 12.5. The van der Waals surface area contributed by atoms with E-state index in [4.69, 9.17) is 23.2 Å². The van der Waals surface area contributed by atoms with Crippen molar-refractivity contribution in [1.82, 2.24) is 9.97 Å². The van der Waals surface area contributed by atoms with Crippen LogP contribution in [0, 0.1) is 0 Å². The Morgan fingerprint density at radius 1 is 1.09 bits per heavy atom. The van der Waals surface area contributed by atoms with E-state index in [2.05, 4.69) is 9.97 Å². The van der Waals surface area contributed by atoms with Crippen LogP contribution in [0.5, 0.6) is 0 Å². The largest absolute Gasteiger partial charge is 0.309 e. The van der Waals surface area contributed by atoms with Crippen LogP contribution in [0.15, 0.2) is 48.7 Å². The number of amides is 1. The Kier molecular flexibility index (Phi) is 3.96. The van der Waals surface area contributed by atoms with Gasteiger partial charge in [0, 0.05) is 24.2 Å². The van der Waals surface area contributed by atoms with Crippen LogP contribution in [0.3, 0.4) is 0 Å². The predicted molar refractivity (Wildman–Crippen MR) is 88.7 cm³/mol. The topological polar surface area (TPSA) is 46.1 Å². The molecule has 1 aromatic carbocycles. The molecule has 1 amide bonds. The van der Waals surface area contributed by atoms with Gasteiger partial charge in [-0.25, -0.2) is 4.98 Å². The van der Waals surface area contributed by atoms with Gasteiger partial charge in [-0.05, 0) is 24.3 Å². The zero-order valence-corrected chi connectivity index (χ0v) is 13.1. The summed E-state index contributed by atoms with van der Waals surface area (Å²) in [4.78, 5) is 22.4. The van der Waals surface area contributed by atoms with Gasteiger partial charge in [-0.3, -0.25) is 9.78 Å². The van der Waals surface area contributed by atoms with Crippen molar-refractivity contribution in [2.24, 2.45) is 0 Å². The summed E-state index contributed by atoms with van der Waals surface area (Å²) in [5.74, 6) is -0.232. The number of hydrogen-bond acceptors (Lipinski definition) is 3. The summed E-state index contributed by atoms with van der Waals surface area (Å²) in [7, 11) is 1.69. The lowest BCUT2D eigenvalue weighted by molar-refractivity contribution is 0.0993. The summed E-state index contributed by atoms with van der Waals surface area (Å²) in [5, 5.41) is 1.33. The normalized spacial score (nSPS) is 10.7. The van der Waals surface area contributed by atoms with Gasteiger partial charge < -0.3 is 4.90 Å². The fraction of sp³-hybridized carbons (Fsp3) is 0.0625. The van der Waals surface area contributed by atoms with E-state index in [1.165, 1.54) is 17.0 Å². The van der Waals surface area contributed by atoms with Gasteiger partial charge in [0.05, 0.1) is 11.2 Å². The molecule has 2 heterocycles. The SMILES string of the molecule is CN(C(=O)c1cc(Cl)nc(Cl)c1)c1cccc2cccnc12. The standard InChI is InChI=1S/C16H11Cl2N3O/c1-21(16(22)11-8-13(17)20-14(18)9-11)12-6-2-4-10-5-3-7-19-15(10)12/h2-9H,1H3. The maximum Gasteiger partial charge on any atom is 0.258 e. The highest BCUT2D eigenvalue weighted by atomic mass is 35.5. The van der Waals surface area contributed by atoms with Crippen molar-refractivity contribution in [3.8, 4) is 0 Å². The van der Waals surface area contributed by atoms with Crippen LogP contribution >= 0.6 is 23.2 Å². The summed E-state index contributed by atoms with van der Waals surface area (Å²) in [6.45, 7) is 0. The zero-order chi connectivity index (χ0) is 15.7.